The molecule has 19 heteroatoms. The van der Waals surface area contributed by atoms with Gasteiger partial charge in [0.15, 0.2) is 12.2 Å². The molecule has 0 fully saturated rings. The van der Waals surface area contributed by atoms with Gasteiger partial charge in [-0.2, -0.15) is 0 Å². The lowest BCUT2D eigenvalue weighted by Gasteiger charge is -2.21. The van der Waals surface area contributed by atoms with Crippen LogP contribution in [-0.2, 0) is 65.4 Å². The molecule has 2 unspecified atom stereocenters. The van der Waals surface area contributed by atoms with Gasteiger partial charge in [-0.25, -0.2) is 9.13 Å². The van der Waals surface area contributed by atoms with E-state index >= 15 is 0 Å². The molecule has 0 aromatic rings. The van der Waals surface area contributed by atoms with Gasteiger partial charge in [0.25, 0.3) is 0 Å². The lowest BCUT2D eigenvalue weighted by molar-refractivity contribution is -0.161. The van der Waals surface area contributed by atoms with E-state index in [0.29, 0.717) is 25.7 Å². The van der Waals surface area contributed by atoms with Crippen molar-refractivity contribution in [3.63, 3.8) is 0 Å². The predicted molar refractivity (Wildman–Crippen MR) is 414 cm³/mol. The van der Waals surface area contributed by atoms with E-state index in [1.165, 1.54) is 250 Å². The Labute approximate surface area is 619 Å². The molecular formula is C82H160O17P2. The number of hydrogen-bond acceptors (Lipinski definition) is 15. The molecule has 0 rings (SSSR count). The van der Waals surface area contributed by atoms with Crippen LogP contribution in [0, 0.1) is 11.8 Å². The van der Waals surface area contributed by atoms with E-state index in [2.05, 4.69) is 41.5 Å². The van der Waals surface area contributed by atoms with Crippen LogP contribution in [-0.4, -0.2) is 96.7 Å². The maximum atomic E-state index is 13.1. The summed E-state index contributed by atoms with van der Waals surface area (Å²) in [5.74, 6) is -0.566. The average molecular weight is 1480 g/mol. The maximum Gasteiger partial charge on any atom is 0.472 e. The van der Waals surface area contributed by atoms with Crippen LogP contribution in [0.1, 0.15) is 433 Å². The van der Waals surface area contributed by atoms with Crippen LogP contribution in [0.2, 0.25) is 0 Å². The molecule has 0 heterocycles. The van der Waals surface area contributed by atoms with Crippen molar-refractivity contribution in [2.75, 3.05) is 39.6 Å². The lowest BCUT2D eigenvalue weighted by atomic mass is 10.0. The molecule has 0 saturated heterocycles. The molecule has 0 radical (unpaired) electrons. The van der Waals surface area contributed by atoms with Crippen LogP contribution < -0.4 is 0 Å². The summed E-state index contributed by atoms with van der Waals surface area (Å²) in [6.07, 6.45) is 63.7. The van der Waals surface area contributed by atoms with Crippen molar-refractivity contribution in [1.29, 1.82) is 0 Å². The Morgan fingerprint density at radius 3 is 0.673 bits per heavy atom. The number of hydrogen-bond donors (Lipinski definition) is 3. The Morgan fingerprint density at radius 2 is 0.455 bits per heavy atom. The summed E-state index contributed by atoms with van der Waals surface area (Å²) in [6, 6.07) is 0. The van der Waals surface area contributed by atoms with Gasteiger partial charge in [0.2, 0.25) is 0 Å². The third-order valence-corrected chi connectivity index (χ3v) is 21.1. The van der Waals surface area contributed by atoms with Crippen molar-refractivity contribution in [2.24, 2.45) is 11.8 Å². The Hall–Kier alpha value is -1.94. The SMILES string of the molecule is CCCCCCCCCCCCCCCCCCC(=O)OC[C@H](COP(=O)(O)OC[C@@H](O)COP(=O)(O)OC[C@@H](COC(=O)CCCCCCCCCCCC(C)C)OC(=O)CCCCCCCCCCCCCCCCCC)OC(=O)CCCCCCCCCCCCCCCCC(C)C. The Balaban J connectivity index is 5.27. The van der Waals surface area contributed by atoms with Gasteiger partial charge in [-0.3, -0.25) is 37.3 Å². The van der Waals surface area contributed by atoms with Crippen LogP contribution >= 0.6 is 15.6 Å². The van der Waals surface area contributed by atoms with E-state index in [-0.39, 0.29) is 25.7 Å². The van der Waals surface area contributed by atoms with Crippen LogP contribution in [0.5, 0.6) is 0 Å². The number of carbonyl (C=O) groups excluding carboxylic acids is 4. The molecule has 0 spiro atoms. The first-order valence-corrected chi connectivity index (χ1v) is 45.5. The summed E-state index contributed by atoms with van der Waals surface area (Å²) in [4.78, 5) is 73.1. The molecule has 0 aliphatic rings. The first-order chi connectivity index (χ1) is 48.9. The van der Waals surface area contributed by atoms with E-state index in [1.54, 1.807) is 0 Å². The highest BCUT2D eigenvalue weighted by molar-refractivity contribution is 7.47. The Bertz CT molecular complexity index is 1940. The number of aliphatic hydroxyl groups excluding tert-OH is 1. The number of carbonyl (C=O) groups is 4. The van der Waals surface area contributed by atoms with Gasteiger partial charge in [-0.05, 0) is 37.5 Å². The van der Waals surface area contributed by atoms with Gasteiger partial charge in [0.1, 0.15) is 19.3 Å². The summed E-state index contributed by atoms with van der Waals surface area (Å²) >= 11 is 0. The third kappa shape index (κ3) is 76.1. The topological polar surface area (TPSA) is 237 Å². The largest absolute Gasteiger partial charge is 0.472 e. The average Bonchev–Trinajstić information content (AvgIpc) is 1.15. The second kappa shape index (κ2) is 73.6. The van der Waals surface area contributed by atoms with E-state index in [9.17, 15) is 43.2 Å². The smallest absolute Gasteiger partial charge is 0.462 e. The van der Waals surface area contributed by atoms with Gasteiger partial charge in [-0.15, -0.1) is 0 Å². The van der Waals surface area contributed by atoms with Gasteiger partial charge in [0, 0.05) is 25.7 Å². The number of ether oxygens (including phenoxy) is 4. The fourth-order valence-corrected chi connectivity index (χ4v) is 14.3. The van der Waals surface area contributed by atoms with Crippen LogP contribution in [0.4, 0.5) is 0 Å². The Morgan fingerprint density at radius 1 is 0.267 bits per heavy atom. The van der Waals surface area contributed by atoms with Crippen molar-refractivity contribution < 1.29 is 80.2 Å². The van der Waals surface area contributed by atoms with Crippen molar-refractivity contribution >= 4 is 39.5 Å². The van der Waals surface area contributed by atoms with Crippen molar-refractivity contribution in [2.45, 2.75) is 452 Å². The quantitative estimate of drug-likeness (QED) is 0.0222. The van der Waals surface area contributed by atoms with Crippen molar-refractivity contribution in [3.05, 3.63) is 0 Å². The summed E-state index contributed by atoms with van der Waals surface area (Å²) in [5.41, 5.74) is 0. The van der Waals surface area contributed by atoms with Crippen molar-refractivity contribution in [3.8, 4) is 0 Å². The van der Waals surface area contributed by atoms with Crippen LogP contribution in [0.15, 0.2) is 0 Å². The second-order valence-corrected chi connectivity index (χ2v) is 33.4. The minimum absolute atomic E-state index is 0.108. The highest BCUT2D eigenvalue weighted by Gasteiger charge is 2.30. The zero-order valence-electron chi connectivity index (χ0n) is 66.2. The minimum Gasteiger partial charge on any atom is -0.462 e. The first kappa shape index (κ1) is 99.1. The first-order valence-electron chi connectivity index (χ1n) is 42.5. The number of phosphoric ester groups is 2. The molecule has 0 aromatic carbocycles. The number of esters is 4. The molecule has 0 bridgehead atoms. The monoisotopic (exact) mass is 1480 g/mol. The molecular weight excluding hydrogens is 1320 g/mol. The molecule has 0 aliphatic carbocycles. The maximum absolute atomic E-state index is 13.1. The zero-order valence-corrected chi connectivity index (χ0v) is 68.0. The predicted octanol–water partition coefficient (Wildman–Crippen LogP) is 24.7. The van der Waals surface area contributed by atoms with Crippen molar-refractivity contribution in [1.82, 2.24) is 0 Å². The van der Waals surface area contributed by atoms with E-state index < -0.39 is 97.5 Å². The van der Waals surface area contributed by atoms with Gasteiger partial charge < -0.3 is 33.8 Å². The fourth-order valence-electron chi connectivity index (χ4n) is 12.7. The summed E-state index contributed by atoms with van der Waals surface area (Å²) in [6.45, 7) is 9.66. The number of aliphatic hydroxyl groups is 1. The number of unbranched alkanes of at least 4 members (excludes halogenated alkanes) is 51. The number of rotatable bonds is 81. The molecule has 0 aromatic heterocycles. The molecule has 101 heavy (non-hydrogen) atoms. The second-order valence-electron chi connectivity index (χ2n) is 30.5. The molecule has 600 valence electrons. The summed E-state index contributed by atoms with van der Waals surface area (Å²) < 4.78 is 68.8. The molecule has 0 aliphatic heterocycles. The third-order valence-electron chi connectivity index (χ3n) is 19.2. The standard InChI is InChI=1S/C82H160O17P2/c1-7-9-11-13-15-17-19-21-23-25-30-34-40-46-52-58-64-79(84)92-70-77(98-82(87)67-61-55-49-42-36-32-28-27-29-33-38-44-50-56-62-74(3)4)72-96-100(88,89)94-68-76(83)69-95-101(90,91)97-73-78(71-93-80(85)65-59-53-47-43-37-39-45-51-57-63-75(5)6)99-81(86)66-60-54-48-41-35-31-26-24-22-20-18-16-14-12-10-8-2/h74-78,83H,7-73H2,1-6H3,(H,88,89)(H,90,91)/t76-,77-,78-/m1/s1. The Kier molecular flexibility index (Phi) is 72.2. The highest BCUT2D eigenvalue weighted by atomic mass is 31.2. The summed E-state index contributed by atoms with van der Waals surface area (Å²) in [7, 11) is -9.92. The highest BCUT2D eigenvalue weighted by Crippen LogP contribution is 2.45. The van der Waals surface area contributed by atoms with Crippen LogP contribution in [0.25, 0.3) is 0 Å². The van der Waals surface area contributed by atoms with E-state index in [4.69, 9.17) is 37.0 Å². The molecule has 0 amide bonds. The molecule has 5 atom stereocenters. The lowest BCUT2D eigenvalue weighted by Crippen LogP contribution is -2.30. The summed E-state index contributed by atoms with van der Waals surface area (Å²) in [5, 5.41) is 10.7. The molecule has 3 N–H and O–H groups in total. The minimum atomic E-state index is -4.96. The van der Waals surface area contributed by atoms with E-state index in [1.807, 2.05) is 0 Å². The molecule has 0 saturated carbocycles. The normalized spacial score (nSPS) is 13.9. The molecule has 17 nitrogen and oxygen atoms in total. The van der Waals surface area contributed by atoms with Gasteiger partial charge in [0.05, 0.1) is 26.4 Å². The van der Waals surface area contributed by atoms with E-state index in [0.717, 1.165) is 102 Å². The number of phosphoric acid groups is 2. The fraction of sp³-hybridized carbons (Fsp3) is 0.951. The van der Waals surface area contributed by atoms with Gasteiger partial charge >= 0.3 is 39.5 Å². The zero-order chi connectivity index (χ0) is 74.2. The van der Waals surface area contributed by atoms with Crippen LogP contribution in [0.3, 0.4) is 0 Å². The van der Waals surface area contributed by atoms with Gasteiger partial charge in [-0.1, -0.05) is 382 Å².